The zero-order valence-electron chi connectivity index (χ0n) is 17.0. The van der Waals surface area contributed by atoms with E-state index in [9.17, 15) is 4.79 Å². The highest BCUT2D eigenvalue weighted by atomic mass is 32.2. The summed E-state index contributed by atoms with van der Waals surface area (Å²) in [4.78, 5) is 12.4. The van der Waals surface area contributed by atoms with Gasteiger partial charge in [-0.3, -0.25) is 4.79 Å². The number of nitrogens with one attached hydrogen (secondary N) is 1. The molecule has 3 N–H and O–H groups in total. The maximum atomic E-state index is 12.4. The first-order valence-corrected chi connectivity index (χ1v) is 10.1. The number of amides is 1. The lowest BCUT2D eigenvalue weighted by Crippen LogP contribution is -2.24. The molecular formula is C21H25N5O2S. The van der Waals surface area contributed by atoms with Crippen LogP contribution in [0.3, 0.4) is 0 Å². The van der Waals surface area contributed by atoms with Crippen LogP contribution in [0.2, 0.25) is 0 Å². The van der Waals surface area contributed by atoms with E-state index in [1.165, 1.54) is 22.0 Å². The van der Waals surface area contributed by atoms with Crippen molar-refractivity contribution in [2.45, 2.75) is 44.7 Å². The fraction of sp³-hybridized carbons (Fsp3) is 0.286. The number of nitrogens with two attached hydrogens (primary N) is 1. The summed E-state index contributed by atoms with van der Waals surface area (Å²) in [6, 6.07) is 13.6. The molecule has 1 heterocycles. The molecule has 0 saturated carbocycles. The standard InChI is InChI=1S/C21H25N5O2S/c1-13-5-8-17(9-6-13)23-20(27)16(4)29-21-25-24-19(26(21)22)12-28-18-10-7-14(2)11-15(18)3/h5-11,16H,12,22H2,1-4H3,(H,23,27)/t16-/m1/s1. The van der Waals surface area contributed by atoms with E-state index in [0.29, 0.717) is 11.0 Å². The SMILES string of the molecule is Cc1ccc(NC(=O)[C@@H](C)Sc2nnc(COc3ccc(C)cc3C)n2N)cc1. The molecule has 152 valence electrons. The number of thioether (sulfide) groups is 1. The second kappa shape index (κ2) is 9.00. The Morgan fingerprint density at radius 3 is 2.52 bits per heavy atom. The summed E-state index contributed by atoms with van der Waals surface area (Å²) in [7, 11) is 0. The lowest BCUT2D eigenvalue weighted by molar-refractivity contribution is -0.115. The quantitative estimate of drug-likeness (QED) is 0.455. The Bertz CT molecular complexity index is 1000. The number of hydrogen-bond acceptors (Lipinski definition) is 6. The summed E-state index contributed by atoms with van der Waals surface area (Å²) in [5, 5.41) is 11.1. The van der Waals surface area contributed by atoms with Crippen LogP contribution in [0, 0.1) is 20.8 Å². The van der Waals surface area contributed by atoms with Crippen LogP contribution in [0.5, 0.6) is 5.75 Å². The van der Waals surface area contributed by atoms with Gasteiger partial charge in [-0.2, -0.15) is 0 Å². The minimum absolute atomic E-state index is 0.130. The maximum absolute atomic E-state index is 12.4. The normalized spacial score (nSPS) is 11.9. The van der Waals surface area contributed by atoms with Gasteiger partial charge in [0.2, 0.25) is 11.1 Å². The van der Waals surface area contributed by atoms with Gasteiger partial charge in [-0.15, -0.1) is 10.2 Å². The third kappa shape index (κ3) is 5.29. The van der Waals surface area contributed by atoms with Gasteiger partial charge in [-0.05, 0) is 51.5 Å². The van der Waals surface area contributed by atoms with Gasteiger partial charge in [0, 0.05) is 5.69 Å². The maximum Gasteiger partial charge on any atom is 0.237 e. The van der Waals surface area contributed by atoms with Crippen molar-refractivity contribution in [3.8, 4) is 5.75 Å². The number of carbonyl (C=O) groups excluding carboxylic acids is 1. The van der Waals surface area contributed by atoms with Crippen LogP contribution >= 0.6 is 11.8 Å². The number of aromatic nitrogens is 3. The fourth-order valence-corrected chi connectivity index (χ4v) is 3.47. The molecule has 29 heavy (non-hydrogen) atoms. The molecule has 1 atom stereocenters. The zero-order chi connectivity index (χ0) is 21.0. The number of aryl methyl sites for hydroxylation is 3. The highest BCUT2D eigenvalue weighted by Gasteiger charge is 2.20. The molecule has 0 unspecified atom stereocenters. The molecule has 0 saturated heterocycles. The number of benzene rings is 2. The molecule has 3 aromatic rings. The first-order chi connectivity index (χ1) is 13.8. The second-order valence-corrected chi connectivity index (χ2v) is 8.25. The lowest BCUT2D eigenvalue weighted by atomic mass is 10.1. The minimum atomic E-state index is -0.393. The molecule has 0 aliphatic rings. The molecule has 0 radical (unpaired) electrons. The largest absolute Gasteiger partial charge is 0.485 e. The molecule has 0 bridgehead atoms. The summed E-state index contributed by atoms with van der Waals surface area (Å²) in [6.07, 6.45) is 0. The van der Waals surface area contributed by atoms with Gasteiger partial charge in [0.05, 0.1) is 5.25 Å². The second-order valence-electron chi connectivity index (χ2n) is 6.94. The first kappa shape index (κ1) is 20.7. The summed E-state index contributed by atoms with van der Waals surface area (Å²) >= 11 is 1.25. The van der Waals surface area contributed by atoms with E-state index < -0.39 is 5.25 Å². The monoisotopic (exact) mass is 411 g/mol. The highest BCUT2D eigenvalue weighted by molar-refractivity contribution is 8.00. The molecular weight excluding hydrogens is 386 g/mol. The van der Waals surface area contributed by atoms with E-state index in [1.54, 1.807) is 6.92 Å². The molecule has 0 aliphatic carbocycles. The van der Waals surface area contributed by atoms with Gasteiger partial charge in [0.15, 0.2) is 5.82 Å². The Morgan fingerprint density at radius 2 is 1.83 bits per heavy atom. The lowest BCUT2D eigenvalue weighted by Gasteiger charge is -2.12. The molecule has 0 aliphatic heterocycles. The number of nitrogen functional groups attached to an aromatic ring is 1. The topological polar surface area (TPSA) is 95.1 Å². The Kier molecular flexibility index (Phi) is 6.43. The summed E-state index contributed by atoms with van der Waals surface area (Å²) in [5.41, 5.74) is 4.11. The minimum Gasteiger partial charge on any atom is -0.485 e. The van der Waals surface area contributed by atoms with E-state index >= 15 is 0 Å². The molecule has 0 spiro atoms. The van der Waals surface area contributed by atoms with E-state index in [4.69, 9.17) is 10.6 Å². The number of ether oxygens (including phenoxy) is 1. The van der Waals surface area contributed by atoms with E-state index in [0.717, 1.165) is 22.6 Å². The van der Waals surface area contributed by atoms with Crippen molar-refractivity contribution in [1.82, 2.24) is 14.9 Å². The molecule has 8 heteroatoms. The zero-order valence-corrected chi connectivity index (χ0v) is 17.8. The van der Waals surface area contributed by atoms with Crippen molar-refractivity contribution in [2.75, 3.05) is 11.2 Å². The van der Waals surface area contributed by atoms with Crippen LogP contribution in [0.1, 0.15) is 29.4 Å². The molecule has 1 amide bonds. The average molecular weight is 412 g/mol. The summed E-state index contributed by atoms with van der Waals surface area (Å²) < 4.78 is 7.19. The van der Waals surface area contributed by atoms with Gasteiger partial charge < -0.3 is 15.9 Å². The van der Waals surface area contributed by atoms with Crippen LogP contribution in [0.25, 0.3) is 0 Å². The van der Waals surface area contributed by atoms with Crippen molar-refractivity contribution in [2.24, 2.45) is 0 Å². The van der Waals surface area contributed by atoms with Crippen LogP contribution in [-0.4, -0.2) is 26.0 Å². The van der Waals surface area contributed by atoms with Gasteiger partial charge in [0.1, 0.15) is 12.4 Å². The third-order valence-corrected chi connectivity index (χ3v) is 5.45. The van der Waals surface area contributed by atoms with Crippen LogP contribution < -0.4 is 15.9 Å². The third-order valence-electron chi connectivity index (χ3n) is 4.39. The van der Waals surface area contributed by atoms with Crippen molar-refractivity contribution in [3.63, 3.8) is 0 Å². The van der Waals surface area contributed by atoms with Gasteiger partial charge in [-0.25, -0.2) is 4.68 Å². The highest BCUT2D eigenvalue weighted by Crippen LogP contribution is 2.23. The van der Waals surface area contributed by atoms with Gasteiger partial charge in [0.25, 0.3) is 0 Å². The predicted octanol–water partition coefficient (Wildman–Crippen LogP) is 3.62. The Balaban J connectivity index is 1.59. The first-order valence-electron chi connectivity index (χ1n) is 9.27. The van der Waals surface area contributed by atoms with Gasteiger partial charge >= 0.3 is 0 Å². The summed E-state index contributed by atoms with van der Waals surface area (Å²) in [6.45, 7) is 8.02. The average Bonchev–Trinajstić information content (AvgIpc) is 3.02. The molecule has 2 aromatic carbocycles. The fourth-order valence-electron chi connectivity index (χ4n) is 2.68. The summed E-state index contributed by atoms with van der Waals surface area (Å²) in [5.74, 6) is 7.24. The predicted molar refractivity (Wildman–Crippen MR) is 116 cm³/mol. The Morgan fingerprint density at radius 1 is 1.14 bits per heavy atom. The molecule has 7 nitrogen and oxygen atoms in total. The van der Waals surface area contributed by atoms with Crippen molar-refractivity contribution in [3.05, 3.63) is 65.0 Å². The number of hydrogen-bond donors (Lipinski definition) is 2. The van der Waals surface area contributed by atoms with Crippen LogP contribution in [0.15, 0.2) is 47.6 Å². The smallest absolute Gasteiger partial charge is 0.237 e. The number of anilines is 1. The Labute approximate surface area is 174 Å². The number of carbonyl (C=O) groups is 1. The van der Waals surface area contributed by atoms with Crippen molar-refractivity contribution >= 4 is 23.4 Å². The van der Waals surface area contributed by atoms with Crippen LogP contribution in [0.4, 0.5) is 5.69 Å². The van der Waals surface area contributed by atoms with E-state index in [1.807, 2.05) is 57.2 Å². The number of rotatable bonds is 7. The Hall–Kier alpha value is -3.00. The molecule has 3 rings (SSSR count). The molecule has 0 fully saturated rings. The molecule has 1 aromatic heterocycles. The number of nitrogens with zero attached hydrogens (tertiary/aromatic N) is 3. The van der Waals surface area contributed by atoms with Crippen LogP contribution in [-0.2, 0) is 11.4 Å². The van der Waals surface area contributed by atoms with E-state index in [2.05, 4.69) is 21.6 Å². The van der Waals surface area contributed by atoms with Crippen molar-refractivity contribution in [1.29, 1.82) is 0 Å². The van der Waals surface area contributed by atoms with Gasteiger partial charge in [-0.1, -0.05) is 47.2 Å². The van der Waals surface area contributed by atoms with Crippen molar-refractivity contribution < 1.29 is 9.53 Å². The van der Waals surface area contributed by atoms with E-state index in [-0.39, 0.29) is 12.5 Å².